The number of aliphatic hydroxyl groups is 1. The van der Waals surface area contributed by atoms with Gasteiger partial charge in [0.25, 0.3) is 5.91 Å². The van der Waals surface area contributed by atoms with Crippen LogP contribution in [0.2, 0.25) is 5.02 Å². The molecule has 8 heteroatoms. The third kappa shape index (κ3) is 6.97. The normalized spacial score (nSPS) is 10.8. The van der Waals surface area contributed by atoms with E-state index >= 15 is 0 Å². The van der Waals surface area contributed by atoms with Crippen molar-refractivity contribution in [3.05, 3.63) is 87.9 Å². The molecule has 0 spiro atoms. The van der Waals surface area contributed by atoms with Crippen LogP contribution in [0.15, 0.2) is 60.7 Å². The van der Waals surface area contributed by atoms with Gasteiger partial charge >= 0.3 is 0 Å². The van der Waals surface area contributed by atoms with Crippen LogP contribution in [0.5, 0.6) is 11.5 Å². The maximum atomic E-state index is 12.9. The van der Waals surface area contributed by atoms with Gasteiger partial charge in [-0.25, -0.2) is 0 Å². The highest BCUT2D eigenvalue weighted by molar-refractivity contribution is 6.34. The van der Waals surface area contributed by atoms with Gasteiger partial charge in [0.15, 0.2) is 11.5 Å². The predicted molar refractivity (Wildman–Crippen MR) is 129 cm³/mol. The number of aliphatic hydroxyl groups excluding tert-OH is 1. The number of carbonyl (C=O) groups is 2. The van der Waals surface area contributed by atoms with Gasteiger partial charge in [-0.3, -0.25) is 4.79 Å². The first-order chi connectivity index (χ1) is 16.1. The van der Waals surface area contributed by atoms with E-state index in [1.54, 1.807) is 6.07 Å². The summed E-state index contributed by atoms with van der Waals surface area (Å²) in [6.07, 6.45) is 0. The molecule has 0 fully saturated rings. The quantitative estimate of drug-likeness (QED) is 0.495. The highest BCUT2D eigenvalue weighted by Gasteiger charge is 2.17. The van der Waals surface area contributed by atoms with Crippen LogP contribution in [0.3, 0.4) is 0 Å². The highest BCUT2D eigenvalue weighted by atomic mass is 35.5. The van der Waals surface area contributed by atoms with Gasteiger partial charge in [0.1, 0.15) is 6.79 Å². The van der Waals surface area contributed by atoms with Crippen molar-refractivity contribution in [2.75, 3.05) is 19.2 Å². The second kappa shape index (κ2) is 13.1. The number of ether oxygens (including phenoxy) is 2. The molecule has 0 aliphatic carbocycles. The molecule has 0 bridgehead atoms. The zero-order chi connectivity index (χ0) is 24.2. The maximum absolute atomic E-state index is 12.9. The Morgan fingerprint density at radius 3 is 2.36 bits per heavy atom. The predicted octanol–water partition coefficient (Wildman–Crippen LogP) is 4.34. The maximum Gasteiger partial charge on any atom is 0.255 e. The number of halogens is 1. The standard InChI is InChI=1S/C23H21ClN2O3.CH4O.CH2O/c1-15-5-7-16(8-6-15)12-25-19-4-2-3-18(24)22(19)23(27)26-13-17-9-10-20-21(11-17)29-14-28-20;2*1-2/h2-11,25H,12-14H2,1H3,(H,26,27);2H,1H3;1H2. The molecule has 0 radical (unpaired) electrons. The highest BCUT2D eigenvalue weighted by Crippen LogP contribution is 2.32. The largest absolute Gasteiger partial charge is 0.454 e. The van der Waals surface area contributed by atoms with Crippen LogP contribution in [0.4, 0.5) is 5.69 Å². The molecule has 1 heterocycles. The average Bonchev–Trinajstić information content (AvgIpc) is 3.33. The summed E-state index contributed by atoms with van der Waals surface area (Å²) < 4.78 is 10.7. The van der Waals surface area contributed by atoms with Crippen molar-refractivity contribution in [1.29, 1.82) is 0 Å². The lowest BCUT2D eigenvalue weighted by Crippen LogP contribution is -2.24. The minimum Gasteiger partial charge on any atom is -0.454 e. The molecule has 0 atom stereocenters. The van der Waals surface area contributed by atoms with Crippen molar-refractivity contribution in [3.63, 3.8) is 0 Å². The molecule has 1 aliphatic heterocycles. The van der Waals surface area contributed by atoms with Crippen molar-refractivity contribution < 1.29 is 24.2 Å². The molecular weight excluding hydrogens is 444 g/mol. The Morgan fingerprint density at radius 1 is 0.970 bits per heavy atom. The number of anilines is 1. The van der Waals surface area contributed by atoms with E-state index in [0.717, 1.165) is 18.2 Å². The van der Waals surface area contributed by atoms with E-state index in [1.165, 1.54) is 5.56 Å². The number of nitrogens with one attached hydrogen (secondary N) is 2. The smallest absolute Gasteiger partial charge is 0.255 e. The number of fused-ring (bicyclic) bond motifs is 1. The second-order valence-electron chi connectivity index (χ2n) is 6.87. The van der Waals surface area contributed by atoms with Gasteiger partial charge in [0, 0.05) is 25.9 Å². The average molecular weight is 471 g/mol. The fourth-order valence-corrected chi connectivity index (χ4v) is 3.39. The summed E-state index contributed by atoms with van der Waals surface area (Å²) >= 11 is 6.35. The Hall–Kier alpha value is -3.55. The number of benzene rings is 3. The van der Waals surface area contributed by atoms with Crippen molar-refractivity contribution in [2.24, 2.45) is 0 Å². The Morgan fingerprint density at radius 2 is 1.64 bits per heavy atom. The third-order valence-corrected chi connectivity index (χ3v) is 5.05. The Balaban J connectivity index is 0.000000914. The number of hydrogen-bond donors (Lipinski definition) is 3. The van der Waals surface area contributed by atoms with Gasteiger partial charge in [-0.1, -0.05) is 53.6 Å². The number of rotatable bonds is 6. The first kappa shape index (κ1) is 25.7. The summed E-state index contributed by atoms with van der Waals surface area (Å²) in [6.45, 7) is 5.23. The molecule has 3 aromatic rings. The Bertz CT molecular complexity index is 1060. The molecule has 0 aromatic heterocycles. The van der Waals surface area contributed by atoms with Crippen LogP contribution < -0.4 is 20.1 Å². The van der Waals surface area contributed by atoms with E-state index in [2.05, 4.69) is 41.8 Å². The molecule has 3 aromatic carbocycles. The fourth-order valence-electron chi connectivity index (χ4n) is 3.13. The van der Waals surface area contributed by atoms with Crippen LogP contribution in [-0.2, 0) is 17.9 Å². The van der Waals surface area contributed by atoms with Crippen LogP contribution in [0.1, 0.15) is 27.0 Å². The minimum atomic E-state index is -0.236. The van der Waals surface area contributed by atoms with E-state index in [9.17, 15) is 4.79 Å². The lowest BCUT2D eigenvalue weighted by molar-refractivity contribution is -0.0980. The minimum absolute atomic E-state index is 0.223. The van der Waals surface area contributed by atoms with E-state index < -0.39 is 0 Å². The van der Waals surface area contributed by atoms with Gasteiger partial charge in [0.05, 0.1) is 10.6 Å². The van der Waals surface area contributed by atoms with Crippen LogP contribution in [0, 0.1) is 6.92 Å². The molecule has 7 nitrogen and oxygen atoms in total. The SMILES string of the molecule is C=O.CO.Cc1ccc(CNc2cccc(Cl)c2C(=O)NCc2ccc3c(c2)OCO3)cc1. The first-order valence-electron chi connectivity index (χ1n) is 10.1. The topological polar surface area (TPSA) is 96.9 Å². The third-order valence-electron chi connectivity index (χ3n) is 4.73. The van der Waals surface area contributed by atoms with Crippen molar-refractivity contribution >= 4 is 30.0 Å². The molecule has 4 rings (SSSR count). The van der Waals surface area contributed by atoms with E-state index in [1.807, 2.05) is 37.1 Å². The number of hydrogen-bond acceptors (Lipinski definition) is 6. The molecule has 1 amide bonds. The zero-order valence-corrected chi connectivity index (χ0v) is 19.3. The van der Waals surface area contributed by atoms with Gasteiger partial charge < -0.3 is 30.0 Å². The van der Waals surface area contributed by atoms with Crippen LogP contribution in [0.25, 0.3) is 0 Å². The monoisotopic (exact) mass is 470 g/mol. The van der Waals surface area contributed by atoms with E-state index in [4.69, 9.17) is 31.0 Å². The number of amides is 1. The second-order valence-corrected chi connectivity index (χ2v) is 7.28. The summed E-state index contributed by atoms with van der Waals surface area (Å²) in [4.78, 5) is 20.9. The lowest BCUT2D eigenvalue weighted by Gasteiger charge is -2.14. The van der Waals surface area contributed by atoms with Crippen molar-refractivity contribution in [3.8, 4) is 11.5 Å². The van der Waals surface area contributed by atoms with E-state index in [-0.39, 0.29) is 12.7 Å². The Kier molecular flexibility index (Phi) is 10.2. The zero-order valence-electron chi connectivity index (χ0n) is 18.6. The fraction of sp³-hybridized carbons (Fsp3) is 0.200. The molecule has 33 heavy (non-hydrogen) atoms. The van der Waals surface area contributed by atoms with E-state index in [0.29, 0.717) is 40.9 Å². The summed E-state index contributed by atoms with van der Waals surface area (Å²) in [7, 11) is 1.00. The molecular formula is C25H27ClN2O5. The molecule has 0 unspecified atom stereocenters. The summed E-state index contributed by atoms with van der Waals surface area (Å²) in [5.41, 5.74) is 4.38. The van der Waals surface area contributed by atoms with Gasteiger partial charge in [-0.15, -0.1) is 0 Å². The van der Waals surface area contributed by atoms with Gasteiger partial charge in [-0.05, 0) is 42.3 Å². The Labute approximate surface area is 198 Å². The summed E-state index contributed by atoms with van der Waals surface area (Å²) in [6, 6.07) is 19.3. The first-order valence-corrected chi connectivity index (χ1v) is 10.5. The molecule has 174 valence electrons. The van der Waals surface area contributed by atoms with Gasteiger partial charge in [0.2, 0.25) is 6.79 Å². The van der Waals surface area contributed by atoms with Crippen LogP contribution in [-0.4, -0.2) is 31.7 Å². The lowest BCUT2D eigenvalue weighted by atomic mass is 10.1. The number of aryl methyl sites for hydroxylation is 1. The molecule has 0 saturated heterocycles. The molecule has 0 saturated carbocycles. The molecule has 3 N–H and O–H groups in total. The van der Waals surface area contributed by atoms with Crippen LogP contribution >= 0.6 is 11.6 Å². The summed E-state index contributed by atoms with van der Waals surface area (Å²) in [5, 5.41) is 13.7. The van der Waals surface area contributed by atoms with Gasteiger partial charge in [-0.2, -0.15) is 0 Å². The molecule has 1 aliphatic rings. The summed E-state index contributed by atoms with van der Waals surface area (Å²) in [5.74, 6) is 1.17. The van der Waals surface area contributed by atoms with Crippen molar-refractivity contribution in [2.45, 2.75) is 20.0 Å². The van der Waals surface area contributed by atoms with Crippen molar-refractivity contribution in [1.82, 2.24) is 5.32 Å². The number of carbonyl (C=O) groups excluding carboxylic acids is 2.